The number of hydrogen-bond acceptors (Lipinski definition) is 3. The second-order valence-electron chi connectivity index (χ2n) is 4.62. The van der Waals surface area contributed by atoms with Gasteiger partial charge < -0.3 is 9.64 Å². The number of rotatable bonds is 5. The van der Waals surface area contributed by atoms with E-state index in [1.807, 2.05) is 30.3 Å². The topological polar surface area (TPSA) is 46.6 Å². The van der Waals surface area contributed by atoms with E-state index in [0.717, 1.165) is 10.0 Å². The summed E-state index contributed by atoms with van der Waals surface area (Å²) in [5.41, 5.74) is 1.78. The van der Waals surface area contributed by atoms with Gasteiger partial charge in [0.1, 0.15) is 0 Å². The first-order chi connectivity index (χ1) is 9.60. The lowest BCUT2D eigenvalue weighted by Crippen LogP contribution is -2.26. The molecule has 0 bridgehead atoms. The Hall–Kier alpha value is -1.62. The molecule has 1 heterocycles. The number of methoxy groups -OCH3 is 1. The van der Waals surface area contributed by atoms with Crippen LogP contribution in [0.25, 0.3) is 0 Å². The molecule has 0 aliphatic carbocycles. The fourth-order valence-electron chi connectivity index (χ4n) is 2.13. The Labute approximate surface area is 126 Å². The van der Waals surface area contributed by atoms with Gasteiger partial charge in [-0.2, -0.15) is 0 Å². The molecule has 1 aliphatic rings. The minimum absolute atomic E-state index is 0.00822. The summed E-state index contributed by atoms with van der Waals surface area (Å²) < 4.78 is 5.59. The van der Waals surface area contributed by atoms with E-state index >= 15 is 0 Å². The van der Waals surface area contributed by atoms with Gasteiger partial charge in [0.15, 0.2) is 0 Å². The lowest BCUT2D eigenvalue weighted by Gasteiger charge is -2.16. The summed E-state index contributed by atoms with van der Waals surface area (Å²) in [4.78, 5) is 25.1. The number of carbonyl (C=O) groups is 2. The highest BCUT2D eigenvalue weighted by molar-refractivity contribution is 9.10. The van der Waals surface area contributed by atoms with Crippen molar-refractivity contribution in [2.45, 2.75) is 19.4 Å². The van der Waals surface area contributed by atoms with Gasteiger partial charge in [0, 0.05) is 29.6 Å². The van der Waals surface area contributed by atoms with Gasteiger partial charge >= 0.3 is 5.97 Å². The summed E-state index contributed by atoms with van der Waals surface area (Å²) in [5.74, 6) is -0.280. The molecule has 4 nitrogen and oxygen atoms in total. The molecule has 0 atom stereocenters. The van der Waals surface area contributed by atoms with E-state index < -0.39 is 0 Å². The largest absolute Gasteiger partial charge is 0.469 e. The minimum atomic E-state index is -0.288. The summed E-state index contributed by atoms with van der Waals surface area (Å²) in [6.45, 7) is 1.18. The number of esters is 1. The first-order valence-corrected chi connectivity index (χ1v) is 7.19. The number of amides is 1. The first kappa shape index (κ1) is 14.8. The maximum atomic E-state index is 12.2. The van der Waals surface area contributed by atoms with Crippen LogP contribution < -0.4 is 0 Å². The summed E-state index contributed by atoms with van der Waals surface area (Å²) in [6.07, 6.45) is 2.59. The Morgan fingerprint density at radius 3 is 2.95 bits per heavy atom. The number of benzene rings is 1. The summed E-state index contributed by atoms with van der Waals surface area (Å²) in [7, 11) is 1.35. The highest BCUT2D eigenvalue weighted by Crippen LogP contribution is 2.20. The van der Waals surface area contributed by atoms with Gasteiger partial charge in [0.25, 0.3) is 0 Å². The molecule has 0 fully saturated rings. The predicted molar refractivity (Wildman–Crippen MR) is 78.9 cm³/mol. The molecule has 1 amide bonds. The maximum Gasteiger partial charge on any atom is 0.305 e. The van der Waals surface area contributed by atoms with E-state index in [9.17, 15) is 9.59 Å². The highest BCUT2D eigenvalue weighted by atomic mass is 79.9. The Morgan fingerprint density at radius 1 is 1.45 bits per heavy atom. The molecular weight excluding hydrogens is 322 g/mol. The average Bonchev–Trinajstić information content (AvgIpc) is 2.77. The average molecular weight is 338 g/mol. The molecule has 0 N–H and O–H groups in total. The van der Waals surface area contributed by atoms with Crippen molar-refractivity contribution in [2.24, 2.45) is 0 Å². The number of halogens is 1. The molecule has 106 valence electrons. The maximum absolute atomic E-state index is 12.2. The van der Waals surface area contributed by atoms with Crippen LogP contribution in [-0.2, 0) is 20.9 Å². The number of carbonyl (C=O) groups excluding carboxylic acids is 2. The smallest absolute Gasteiger partial charge is 0.305 e. The van der Waals surface area contributed by atoms with E-state index in [4.69, 9.17) is 0 Å². The molecule has 0 saturated heterocycles. The van der Waals surface area contributed by atoms with Gasteiger partial charge in [0.05, 0.1) is 7.11 Å². The van der Waals surface area contributed by atoms with Crippen molar-refractivity contribution in [3.63, 3.8) is 0 Å². The zero-order valence-corrected chi connectivity index (χ0v) is 12.9. The molecule has 0 radical (unpaired) electrons. The minimum Gasteiger partial charge on any atom is -0.469 e. The molecular formula is C15H16BrNO3. The normalized spacial score (nSPS) is 14.4. The molecule has 1 aromatic rings. The van der Waals surface area contributed by atoms with Crippen LogP contribution in [0, 0.1) is 0 Å². The van der Waals surface area contributed by atoms with Gasteiger partial charge in [-0.25, -0.2) is 0 Å². The van der Waals surface area contributed by atoms with Crippen molar-refractivity contribution >= 4 is 27.8 Å². The standard InChI is InChI=1S/C15H16BrNO3/c1-20-14(18)6-5-12-7-8-17(15(12)19)10-11-3-2-4-13(16)9-11/h2-4,7,9H,5-6,8,10H2,1H3. The Bertz CT molecular complexity index is 554. The van der Waals surface area contributed by atoms with Crippen LogP contribution >= 0.6 is 15.9 Å². The molecule has 0 unspecified atom stereocenters. The molecule has 1 aliphatic heterocycles. The molecule has 0 aromatic heterocycles. The lowest BCUT2D eigenvalue weighted by molar-refractivity contribution is -0.140. The van der Waals surface area contributed by atoms with Crippen molar-refractivity contribution in [1.82, 2.24) is 4.90 Å². The summed E-state index contributed by atoms with van der Waals surface area (Å²) >= 11 is 3.42. The second kappa shape index (κ2) is 6.70. The molecule has 0 saturated carbocycles. The van der Waals surface area contributed by atoms with Crippen LogP contribution in [0.2, 0.25) is 0 Å². The highest BCUT2D eigenvalue weighted by Gasteiger charge is 2.24. The van der Waals surface area contributed by atoms with Crippen LogP contribution in [0.15, 0.2) is 40.4 Å². The van der Waals surface area contributed by atoms with Crippen LogP contribution in [0.5, 0.6) is 0 Å². The fraction of sp³-hybridized carbons (Fsp3) is 0.333. The zero-order valence-electron chi connectivity index (χ0n) is 11.3. The summed E-state index contributed by atoms with van der Waals surface area (Å²) in [5, 5.41) is 0. The second-order valence-corrected chi connectivity index (χ2v) is 5.54. The number of hydrogen-bond donors (Lipinski definition) is 0. The number of ether oxygens (including phenoxy) is 1. The molecule has 5 heteroatoms. The van der Waals surface area contributed by atoms with E-state index in [2.05, 4.69) is 20.7 Å². The monoisotopic (exact) mass is 337 g/mol. The van der Waals surface area contributed by atoms with Crippen molar-refractivity contribution in [3.8, 4) is 0 Å². The van der Waals surface area contributed by atoms with E-state index in [1.54, 1.807) is 4.90 Å². The third kappa shape index (κ3) is 3.70. The molecule has 20 heavy (non-hydrogen) atoms. The van der Waals surface area contributed by atoms with Crippen LogP contribution in [0.1, 0.15) is 18.4 Å². The first-order valence-electron chi connectivity index (χ1n) is 6.39. The Morgan fingerprint density at radius 2 is 2.25 bits per heavy atom. The molecule has 0 spiro atoms. The van der Waals surface area contributed by atoms with Crippen molar-refractivity contribution < 1.29 is 14.3 Å². The van der Waals surface area contributed by atoms with Crippen molar-refractivity contribution in [1.29, 1.82) is 0 Å². The summed E-state index contributed by atoms with van der Waals surface area (Å²) in [6, 6.07) is 7.89. The predicted octanol–water partition coefficient (Wildman–Crippen LogP) is 2.67. The zero-order chi connectivity index (χ0) is 14.5. The third-order valence-corrected chi connectivity index (χ3v) is 3.70. The van der Waals surface area contributed by atoms with Crippen LogP contribution in [-0.4, -0.2) is 30.4 Å². The van der Waals surface area contributed by atoms with Gasteiger partial charge in [-0.05, 0) is 24.1 Å². The van der Waals surface area contributed by atoms with E-state index in [0.29, 0.717) is 25.1 Å². The molecule has 2 rings (SSSR count). The van der Waals surface area contributed by atoms with E-state index in [-0.39, 0.29) is 18.3 Å². The quantitative estimate of drug-likeness (QED) is 0.776. The molecule has 1 aromatic carbocycles. The Kier molecular flexibility index (Phi) is 4.95. The fourth-order valence-corrected chi connectivity index (χ4v) is 2.58. The lowest BCUT2D eigenvalue weighted by atomic mass is 10.1. The SMILES string of the molecule is COC(=O)CCC1=CCN(Cc2cccc(Br)c2)C1=O. The number of nitrogens with zero attached hydrogens (tertiary/aromatic N) is 1. The van der Waals surface area contributed by atoms with Crippen LogP contribution in [0.3, 0.4) is 0 Å². The third-order valence-electron chi connectivity index (χ3n) is 3.21. The Balaban J connectivity index is 1.91. The van der Waals surface area contributed by atoms with Crippen molar-refractivity contribution in [2.75, 3.05) is 13.7 Å². The van der Waals surface area contributed by atoms with Crippen LogP contribution in [0.4, 0.5) is 0 Å². The van der Waals surface area contributed by atoms with Gasteiger partial charge in [-0.15, -0.1) is 0 Å². The van der Waals surface area contributed by atoms with Crippen molar-refractivity contribution in [3.05, 3.63) is 46.0 Å². The van der Waals surface area contributed by atoms with E-state index in [1.165, 1.54) is 7.11 Å². The van der Waals surface area contributed by atoms with Gasteiger partial charge in [0.2, 0.25) is 5.91 Å². The van der Waals surface area contributed by atoms with Gasteiger partial charge in [-0.3, -0.25) is 9.59 Å². The van der Waals surface area contributed by atoms with Gasteiger partial charge in [-0.1, -0.05) is 34.1 Å².